The lowest BCUT2D eigenvalue weighted by atomic mass is 10.0. The number of benzene rings is 3. The van der Waals surface area contributed by atoms with Crippen LogP contribution in [0.15, 0.2) is 73.1 Å². The number of halogens is 2. The van der Waals surface area contributed by atoms with Gasteiger partial charge in [0.15, 0.2) is 5.78 Å². The standard InChI is InChI=1S/C22H13ClFN3O2/c23-15-4-1-13(2-5-15)22(29)27-16-6-7-18(24)17(12-16)21(28)14-3-8-19-20(11-14)26-10-9-25-19/h1-12H,(H,27,29). The predicted octanol–water partition coefficient (Wildman–Crippen LogP) is 4.91. The van der Waals surface area contributed by atoms with E-state index in [1.807, 2.05) is 0 Å². The van der Waals surface area contributed by atoms with Crippen LogP contribution in [0.25, 0.3) is 11.0 Å². The van der Waals surface area contributed by atoms with Gasteiger partial charge in [0.1, 0.15) is 5.82 Å². The Balaban J connectivity index is 1.62. The quantitative estimate of drug-likeness (QED) is 0.490. The monoisotopic (exact) mass is 405 g/mol. The number of nitrogens with zero attached hydrogens (tertiary/aromatic N) is 2. The second-order valence-corrected chi connectivity index (χ2v) is 6.68. The van der Waals surface area contributed by atoms with Gasteiger partial charge in [0.2, 0.25) is 0 Å². The Morgan fingerprint density at radius 3 is 2.28 bits per heavy atom. The molecule has 5 nitrogen and oxygen atoms in total. The van der Waals surface area contributed by atoms with Crippen molar-refractivity contribution >= 4 is 40.0 Å². The predicted molar refractivity (Wildman–Crippen MR) is 109 cm³/mol. The van der Waals surface area contributed by atoms with Crippen LogP contribution in [0.4, 0.5) is 10.1 Å². The fourth-order valence-corrected chi connectivity index (χ4v) is 2.97. The average Bonchev–Trinajstić information content (AvgIpc) is 2.74. The third-order valence-electron chi connectivity index (χ3n) is 4.31. The van der Waals surface area contributed by atoms with Crippen molar-refractivity contribution in [3.8, 4) is 0 Å². The molecule has 0 aliphatic carbocycles. The zero-order valence-electron chi connectivity index (χ0n) is 14.9. The first-order valence-corrected chi connectivity index (χ1v) is 9.01. The average molecular weight is 406 g/mol. The topological polar surface area (TPSA) is 72.0 Å². The van der Waals surface area contributed by atoms with Crippen LogP contribution >= 0.6 is 11.6 Å². The molecule has 1 N–H and O–H groups in total. The van der Waals surface area contributed by atoms with Crippen LogP contribution in [0.5, 0.6) is 0 Å². The summed E-state index contributed by atoms with van der Waals surface area (Å²) in [5, 5.41) is 3.17. The lowest BCUT2D eigenvalue weighted by molar-refractivity contribution is 0.102. The highest BCUT2D eigenvalue weighted by molar-refractivity contribution is 6.30. The van der Waals surface area contributed by atoms with Crippen molar-refractivity contribution in [1.29, 1.82) is 0 Å². The summed E-state index contributed by atoms with van der Waals surface area (Å²) in [6.07, 6.45) is 3.07. The van der Waals surface area contributed by atoms with Crippen molar-refractivity contribution in [3.05, 3.63) is 101 Å². The molecule has 0 saturated heterocycles. The van der Waals surface area contributed by atoms with Crippen molar-refractivity contribution < 1.29 is 14.0 Å². The number of hydrogen-bond acceptors (Lipinski definition) is 4. The van der Waals surface area contributed by atoms with Crippen LogP contribution in [0.1, 0.15) is 26.3 Å². The Morgan fingerprint density at radius 1 is 0.828 bits per heavy atom. The summed E-state index contributed by atoms with van der Waals surface area (Å²) in [6, 6.07) is 15.0. The highest BCUT2D eigenvalue weighted by Crippen LogP contribution is 2.21. The molecule has 4 aromatic rings. The van der Waals surface area contributed by atoms with Crippen molar-refractivity contribution in [3.63, 3.8) is 0 Å². The Labute approximate surface area is 170 Å². The van der Waals surface area contributed by atoms with Gasteiger partial charge in [0.25, 0.3) is 5.91 Å². The first-order valence-electron chi connectivity index (χ1n) is 8.63. The second kappa shape index (κ2) is 7.77. The largest absolute Gasteiger partial charge is 0.322 e. The van der Waals surface area contributed by atoms with Crippen molar-refractivity contribution in [2.24, 2.45) is 0 Å². The van der Waals surface area contributed by atoms with E-state index in [1.54, 1.807) is 48.7 Å². The van der Waals surface area contributed by atoms with Gasteiger partial charge in [-0.2, -0.15) is 0 Å². The van der Waals surface area contributed by atoms with E-state index >= 15 is 0 Å². The van der Waals surface area contributed by atoms with Gasteiger partial charge in [-0.15, -0.1) is 0 Å². The lowest BCUT2D eigenvalue weighted by Gasteiger charge is -2.09. The minimum Gasteiger partial charge on any atom is -0.322 e. The molecular weight excluding hydrogens is 393 g/mol. The smallest absolute Gasteiger partial charge is 0.255 e. The number of carbonyl (C=O) groups is 2. The van der Waals surface area contributed by atoms with Crippen LogP contribution in [-0.4, -0.2) is 21.7 Å². The van der Waals surface area contributed by atoms with Gasteiger partial charge in [-0.25, -0.2) is 4.39 Å². The van der Waals surface area contributed by atoms with Gasteiger partial charge in [0.05, 0.1) is 16.6 Å². The highest BCUT2D eigenvalue weighted by Gasteiger charge is 2.17. The fourth-order valence-electron chi connectivity index (χ4n) is 2.84. The first-order chi connectivity index (χ1) is 14.0. The third-order valence-corrected chi connectivity index (χ3v) is 4.56. The van der Waals surface area contributed by atoms with Crippen molar-refractivity contribution in [2.75, 3.05) is 5.32 Å². The maximum Gasteiger partial charge on any atom is 0.255 e. The molecule has 0 atom stereocenters. The number of hydrogen-bond donors (Lipinski definition) is 1. The molecule has 29 heavy (non-hydrogen) atoms. The number of ketones is 1. The Morgan fingerprint density at radius 2 is 1.52 bits per heavy atom. The molecule has 142 valence electrons. The summed E-state index contributed by atoms with van der Waals surface area (Å²) in [7, 11) is 0. The molecule has 4 rings (SSSR count). The van der Waals surface area contributed by atoms with Crippen molar-refractivity contribution in [2.45, 2.75) is 0 Å². The first kappa shape index (κ1) is 18.7. The highest BCUT2D eigenvalue weighted by atomic mass is 35.5. The molecule has 7 heteroatoms. The van der Waals surface area contributed by atoms with E-state index in [9.17, 15) is 14.0 Å². The van der Waals surface area contributed by atoms with Gasteiger partial charge in [-0.3, -0.25) is 19.6 Å². The summed E-state index contributed by atoms with van der Waals surface area (Å²) in [6.45, 7) is 0. The van der Waals surface area contributed by atoms with E-state index in [0.717, 1.165) is 6.07 Å². The summed E-state index contributed by atoms with van der Waals surface area (Å²) in [5.74, 6) is -1.59. The summed E-state index contributed by atoms with van der Waals surface area (Å²) < 4.78 is 14.3. The van der Waals surface area contributed by atoms with E-state index in [-0.39, 0.29) is 11.1 Å². The Kier molecular flexibility index (Phi) is 5.01. The summed E-state index contributed by atoms with van der Waals surface area (Å²) in [4.78, 5) is 33.5. The Bertz CT molecular complexity index is 1240. The number of fused-ring (bicyclic) bond motifs is 1. The minimum atomic E-state index is -0.682. The Hall–Kier alpha value is -3.64. The lowest BCUT2D eigenvalue weighted by Crippen LogP contribution is -2.13. The van der Waals surface area contributed by atoms with E-state index in [2.05, 4.69) is 15.3 Å². The number of amides is 1. The number of rotatable bonds is 4. The van der Waals surface area contributed by atoms with Crippen LogP contribution in [0.3, 0.4) is 0 Å². The van der Waals surface area contributed by atoms with E-state index in [1.165, 1.54) is 18.3 Å². The molecule has 0 aliphatic rings. The van der Waals surface area contributed by atoms with Crippen LogP contribution < -0.4 is 5.32 Å². The van der Waals surface area contributed by atoms with Crippen molar-refractivity contribution in [1.82, 2.24) is 9.97 Å². The van der Waals surface area contributed by atoms with E-state index in [4.69, 9.17) is 11.6 Å². The van der Waals surface area contributed by atoms with Gasteiger partial charge >= 0.3 is 0 Å². The summed E-state index contributed by atoms with van der Waals surface area (Å²) in [5.41, 5.74) is 1.98. The van der Waals surface area contributed by atoms with E-state index in [0.29, 0.717) is 27.3 Å². The molecule has 1 heterocycles. The minimum absolute atomic E-state index is 0.151. The molecular formula is C22H13ClFN3O2. The third kappa shape index (κ3) is 3.97. The van der Waals surface area contributed by atoms with Gasteiger partial charge in [-0.1, -0.05) is 11.6 Å². The molecule has 0 aliphatic heterocycles. The van der Waals surface area contributed by atoms with E-state index < -0.39 is 17.5 Å². The molecule has 0 bridgehead atoms. The molecule has 0 fully saturated rings. The molecule has 1 aromatic heterocycles. The normalized spacial score (nSPS) is 10.7. The van der Waals surface area contributed by atoms with Crippen LogP contribution in [-0.2, 0) is 0 Å². The SMILES string of the molecule is O=C(Nc1ccc(F)c(C(=O)c2ccc3nccnc3c2)c1)c1ccc(Cl)cc1. The number of anilines is 1. The van der Waals surface area contributed by atoms with Gasteiger partial charge < -0.3 is 5.32 Å². The molecule has 3 aromatic carbocycles. The molecule has 0 spiro atoms. The summed E-state index contributed by atoms with van der Waals surface area (Å²) >= 11 is 5.82. The number of aromatic nitrogens is 2. The van der Waals surface area contributed by atoms with Gasteiger partial charge in [-0.05, 0) is 60.7 Å². The number of nitrogens with one attached hydrogen (secondary N) is 1. The zero-order valence-corrected chi connectivity index (χ0v) is 15.7. The number of carbonyl (C=O) groups excluding carboxylic acids is 2. The second-order valence-electron chi connectivity index (χ2n) is 6.24. The van der Waals surface area contributed by atoms with Gasteiger partial charge in [0, 0.05) is 34.2 Å². The molecule has 0 unspecified atom stereocenters. The zero-order chi connectivity index (χ0) is 20.4. The van der Waals surface area contributed by atoms with Crippen LogP contribution in [0.2, 0.25) is 5.02 Å². The maximum atomic E-state index is 14.3. The molecule has 0 saturated carbocycles. The maximum absolute atomic E-state index is 14.3. The fraction of sp³-hybridized carbons (Fsp3) is 0. The molecule has 0 radical (unpaired) electrons. The van der Waals surface area contributed by atoms with Crippen LogP contribution in [0, 0.1) is 5.82 Å². The molecule has 1 amide bonds.